The zero-order chi connectivity index (χ0) is 53.6. The summed E-state index contributed by atoms with van der Waals surface area (Å²) in [6.45, 7) is 12.5. The molecule has 8 N–H and O–H groups in total. The Morgan fingerprint density at radius 3 is 2.08 bits per heavy atom. The van der Waals surface area contributed by atoms with Crippen LogP contribution in [0, 0.1) is 11.8 Å². The number of carbonyl (C=O) groups excluding carboxylic acids is 9. The van der Waals surface area contributed by atoms with E-state index in [2.05, 4.69) is 31.9 Å². The molecule has 2 aromatic carbocycles. The van der Waals surface area contributed by atoms with Gasteiger partial charge in [-0.25, -0.2) is 4.79 Å². The predicted octanol–water partition coefficient (Wildman–Crippen LogP) is 1.96. The molecule has 4 rings (SSSR count). The molecule has 2 heterocycles. The molecule has 0 spiro atoms. The van der Waals surface area contributed by atoms with E-state index in [1.807, 2.05) is 0 Å². The largest absolute Gasteiger partial charge is 0.508 e. The van der Waals surface area contributed by atoms with E-state index in [0.717, 1.165) is 9.80 Å². The second-order valence-corrected chi connectivity index (χ2v) is 18.9. The van der Waals surface area contributed by atoms with Gasteiger partial charge in [-0.05, 0) is 75.6 Å². The standard InChI is InChI=1S/C51H69ClN8O12/c1-10-29(6)42(57-44(64)30(7)53-39(62)23-28(5)26-52)47(67)58-43-31(8)72-51(71)41(27(3)4)56-46(66)37(24-33-17-19-34(61)20-18-33)59(9)50(70)38(25-32-15-13-12-14-16-32)60-40(63)22-21-36(49(60)69)55-45(65)35(11-2)54-48(43)68/h11-20,26-27,29-31,36-38,40-43,61,63H,10,21-25H2,1-9H3,(H,53,62)(H,54,68)(H,55,65)(H,56,66)(H,57,64)(H,58,67)/b28-26+,35-11-/t29-,30-,31+,36-,37-,38-,40+,41-,42-,43-/m0/s1. The molecule has 0 unspecified atom stereocenters. The highest BCUT2D eigenvalue weighted by Gasteiger charge is 2.45. The fraction of sp³-hybridized carbons (Fsp3) is 0.510. The predicted molar refractivity (Wildman–Crippen MR) is 266 cm³/mol. The van der Waals surface area contributed by atoms with Gasteiger partial charge in [-0.3, -0.25) is 38.4 Å². The van der Waals surface area contributed by atoms with E-state index in [4.69, 9.17) is 16.3 Å². The van der Waals surface area contributed by atoms with E-state index in [9.17, 15) is 53.4 Å². The number of phenols is 1. The van der Waals surface area contributed by atoms with Crippen LogP contribution in [0.4, 0.5) is 0 Å². The van der Waals surface area contributed by atoms with E-state index in [1.165, 1.54) is 51.6 Å². The highest BCUT2D eigenvalue weighted by Crippen LogP contribution is 2.26. The average Bonchev–Trinajstić information content (AvgIpc) is 3.34. The Labute approximate surface area is 425 Å². The van der Waals surface area contributed by atoms with Crippen molar-refractivity contribution in [1.82, 2.24) is 41.7 Å². The van der Waals surface area contributed by atoms with Gasteiger partial charge in [0, 0.05) is 31.8 Å². The van der Waals surface area contributed by atoms with Crippen LogP contribution in [0.1, 0.15) is 92.2 Å². The molecule has 2 fully saturated rings. The minimum atomic E-state index is -1.77. The molecule has 392 valence electrons. The van der Waals surface area contributed by atoms with Gasteiger partial charge >= 0.3 is 5.97 Å². The van der Waals surface area contributed by atoms with Crippen molar-refractivity contribution < 1.29 is 58.1 Å². The number of fused-ring (bicyclic) bond motifs is 2. The van der Waals surface area contributed by atoms with Crippen LogP contribution in [0.15, 0.2) is 77.5 Å². The Balaban J connectivity index is 1.81. The first-order valence-electron chi connectivity index (χ1n) is 24.0. The number of rotatable bonds is 14. The zero-order valence-corrected chi connectivity index (χ0v) is 42.9. The molecule has 0 aliphatic carbocycles. The molecule has 20 nitrogen and oxygen atoms in total. The first-order chi connectivity index (χ1) is 34.0. The number of phenolic OH excluding ortho intramolecular Hbond substituents is 1. The van der Waals surface area contributed by atoms with E-state index >= 15 is 0 Å². The van der Waals surface area contributed by atoms with Crippen molar-refractivity contribution in [2.75, 3.05) is 7.05 Å². The summed E-state index contributed by atoms with van der Waals surface area (Å²) in [5.41, 5.74) is 2.51. The summed E-state index contributed by atoms with van der Waals surface area (Å²) in [5.74, 6) is -8.84. The monoisotopic (exact) mass is 1020 g/mol. The minimum Gasteiger partial charge on any atom is -0.508 e. The molecule has 2 aliphatic heterocycles. The van der Waals surface area contributed by atoms with Crippen LogP contribution in [-0.4, -0.2) is 135 Å². The van der Waals surface area contributed by atoms with Crippen molar-refractivity contribution >= 4 is 64.8 Å². The molecule has 2 aromatic rings. The number of ether oxygens (including phenoxy) is 1. The second-order valence-electron chi connectivity index (χ2n) is 18.7. The first kappa shape index (κ1) is 57.8. The van der Waals surface area contributed by atoms with Gasteiger partial charge in [0.05, 0.1) is 0 Å². The number of hydrogen-bond donors (Lipinski definition) is 8. The number of benzene rings is 2. The van der Waals surface area contributed by atoms with E-state index < -0.39 is 120 Å². The quantitative estimate of drug-likeness (QED) is 0.0997. The van der Waals surface area contributed by atoms with Crippen LogP contribution < -0.4 is 31.9 Å². The number of aliphatic hydroxyl groups excluding tert-OH is 1. The minimum absolute atomic E-state index is 0.0564. The lowest BCUT2D eigenvalue weighted by molar-refractivity contribution is -0.165. The maximum Gasteiger partial charge on any atom is 0.329 e. The number of nitrogens with zero attached hydrogens (tertiary/aromatic N) is 2. The summed E-state index contributed by atoms with van der Waals surface area (Å²) >= 11 is 5.70. The van der Waals surface area contributed by atoms with Gasteiger partial charge in [-0.15, -0.1) is 0 Å². The summed E-state index contributed by atoms with van der Waals surface area (Å²) in [6.07, 6.45) is -1.94. The molecule has 0 radical (unpaired) electrons. The molecule has 21 heteroatoms. The van der Waals surface area contributed by atoms with Crippen LogP contribution in [0.2, 0.25) is 0 Å². The van der Waals surface area contributed by atoms with Crippen LogP contribution in [0.3, 0.4) is 0 Å². The van der Waals surface area contributed by atoms with Gasteiger partial charge in [0.15, 0.2) is 0 Å². The Kier molecular flexibility index (Phi) is 21.3. The Morgan fingerprint density at radius 1 is 0.861 bits per heavy atom. The van der Waals surface area contributed by atoms with Crippen molar-refractivity contribution in [3.63, 3.8) is 0 Å². The first-order valence-corrected chi connectivity index (χ1v) is 24.5. The number of carbonyl (C=O) groups is 9. The maximum absolute atomic E-state index is 15.0. The SMILES string of the molecule is C/C=C1\NC(=O)[C@@H](NC(=O)[C@@H](NC(=O)[C@H](C)NC(=O)C/C(C)=C/Cl)[C@@H](C)CC)[C@@H](C)OC(=O)[C@H](C(C)C)NC(=O)[C@H](Cc2ccc(O)cc2)N(C)C(=O)[C@H](Cc2ccccc2)N2C(=O)[C@H](CC[C@H]2O)NC1=O. The molecule has 0 aromatic heterocycles. The second kappa shape index (κ2) is 26.6. The summed E-state index contributed by atoms with van der Waals surface area (Å²) in [4.78, 5) is 129. The van der Waals surface area contributed by atoms with Crippen molar-refractivity contribution in [3.8, 4) is 5.75 Å². The van der Waals surface area contributed by atoms with Crippen LogP contribution in [-0.2, 0) is 60.7 Å². The number of nitrogens with one attached hydrogen (secondary N) is 6. The molecule has 0 saturated carbocycles. The number of halogens is 1. The fourth-order valence-electron chi connectivity index (χ4n) is 8.24. The molecule has 10 atom stereocenters. The molecular weight excluding hydrogens is 952 g/mol. The number of hydrogen-bond acceptors (Lipinski definition) is 12. The van der Waals surface area contributed by atoms with Crippen molar-refractivity contribution in [2.45, 2.75) is 149 Å². The fourth-order valence-corrected chi connectivity index (χ4v) is 8.32. The molecule has 2 aliphatic rings. The number of esters is 1. The zero-order valence-electron chi connectivity index (χ0n) is 42.2. The Morgan fingerprint density at radius 2 is 1.49 bits per heavy atom. The smallest absolute Gasteiger partial charge is 0.329 e. The third-order valence-corrected chi connectivity index (χ3v) is 13.2. The summed E-state index contributed by atoms with van der Waals surface area (Å²) in [7, 11) is 1.36. The molecule has 2 bridgehead atoms. The number of aromatic hydroxyl groups is 1. The van der Waals surface area contributed by atoms with E-state index in [0.29, 0.717) is 23.1 Å². The van der Waals surface area contributed by atoms with Gasteiger partial charge < -0.3 is 56.7 Å². The van der Waals surface area contributed by atoms with Crippen molar-refractivity contribution in [2.24, 2.45) is 11.8 Å². The van der Waals surface area contributed by atoms with Gasteiger partial charge in [0.1, 0.15) is 66.1 Å². The topological polar surface area (TPSA) is 282 Å². The van der Waals surface area contributed by atoms with Gasteiger partial charge in [0.2, 0.25) is 35.4 Å². The summed E-state index contributed by atoms with van der Waals surface area (Å²) < 4.78 is 5.88. The Hall–Kier alpha value is -6.80. The third kappa shape index (κ3) is 15.4. The number of likely N-dealkylation sites (N-methyl/N-ethyl adjacent to an activating group) is 1. The maximum atomic E-state index is 15.0. The highest BCUT2D eigenvalue weighted by atomic mass is 35.5. The van der Waals surface area contributed by atoms with Crippen LogP contribution in [0.25, 0.3) is 0 Å². The molecule has 72 heavy (non-hydrogen) atoms. The number of allylic oxidation sites excluding steroid dienone is 1. The number of cyclic esters (lactones) is 1. The highest BCUT2D eigenvalue weighted by molar-refractivity contribution is 6.25. The molecular formula is C51H69ClN8O12. The number of piperidine rings is 1. The number of aliphatic hydroxyl groups is 1. The third-order valence-electron chi connectivity index (χ3n) is 12.8. The van der Waals surface area contributed by atoms with Crippen molar-refractivity contribution in [3.05, 3.63) is 88.6 Å². The lowest BCUT2D eigenvalue weighted by atomic mass is 9.95. The van der Waals surface area contributed by atoms with Crippen LogP contribution >= 0.6 is 11.6 Å². The van der Waals surface area contributed by atoms with Gasteiger partial charge in [-0.2, -0.15) is 0 Å². The molecule has 8 amide bonds. The number of amides is 8. The van der Waals surface area contributed by atoms with E-state index in [-0.39, 0.29) is 43.6 Å². The van der Waals surface area contributed by atoms with E-state index in [1.54, 1.807) is 77.1 Å². The lowest BCUT2D eigenvalue weighted by Crippen LogP contribution is -2.64. The average molecular weight is 1020 g/mol. The summed E-state index contributed by atoms with van der Waals surface area (Å²) in [5, 5.41) is 37.2. The van der Waals surface area contributed by atoms with Crippen LogP contribution in [0.5, 0.6) is 5.75 Å². The lowest BCUT2D eigenvalue weighted by Gasteiger charge is -2.43. The van der Waals surface area contributed by atoms with Crippen molar-refractivity contribution in [1.29, 1.82) is 0 Å². The normalized spacial score (nSPS) is 24.9. The van der Waals surface area contributed by atoms with Gasteiger partial charge in [-0.1, -0.05) is 99.8 Å². The Bertz CT molecular complexity index is 2360. The summed E-state index contributed by atoms with van der Waals surface area (Å²) in [6, 6.07) is 4.84. The van der Waals surface area contributed by atoms with Gasteiger partial charge in [0.25, 0.3) is 11.8 Å². The molecule has 2 saturated heterocycles.